The monoisotopic (exact) mass is 386 g/mol. The van der Waals surface area contributed by atoms with Crippen LogP contribution in [0, 0.1) is 0 Å². The lowest BCUT2D eigenvalue weighted by molar-refractivity contribution is -0.115. The van der Waals surface area contributed by atoms with Gasteiger partial charge in [0.1, 0.15) is 11.9 Å². The molecule has 120 valence electrons. The second-order valence-electron chi connectivity index (χ2n) is 4.90. The number of halogens is 1. The van der Waals surface area contributed by atoms with Gasteiger partial charge in [-0.3, -0.25) is 4.79 Å². The lowest BCUT2D eigenvalue weighted by atomic mass is 10.3. The fourth-order valence-corrected chi connectivity index (χ4v) is 2.91. The molecule has 0 fully saturated rings. The number of amides is 1. The molecule has 0 radical (unpaired) electrons. The minimum atomic E-state index is -0.201. The number of ether oxygens (including phenoxy) is 2. The molecule has 2 aromatic rings. The quantitative estimate of drug-likeness (QED) is 0.734. The predicted molar refractivity (Wildman–Crippen MR) is 93.2 cm³/mol. The van der Waals surface area contributed by atoms with Gasteiger partial charge in [-0.2, -0.15) is 0 Å². The van der Waals surface area contributed by atoms with Gasteiger partial charge in [-0.15, -0.1) is 0 Å². The Hall–Kier alpha value is -1.18. The first-order chi connectivity index (χ1) is 10.5. The molecule has 0 aliphatic carbocycles. The molecule has 0 spiro atoms. The number of rotatable bonds is 7. The van der Waals surface area contributed by atoms with Crippen LogP contribution in [-0.2, 0) is 9.53 Å². The van der Waals surface area contributed by atoms with E-state index in [4.69, 9.17) is 9.47 Å². The molecule has 2 rings (SSSR count). The third-order valence-electron chi connectivity index (χ3n) is 2.97. The lowest BCUT2D eigenvalue weighted by Gasteiger charge is -2.13. The van der Waals surface area contributed by atoms with Crippen molar-refractivity contribution in [2.75, 3.05) is 19.0 Å². The molecule has 0 saturated carbocycles. The fraction of sp³-hybridized carbons (Fsp3) is 0.467. The molecule has 7 heteroatoms. The number of alkyl halides is 1. The Balaban J connectivity index is 2.12. The van der Waals surface area contributed by atoms with Gasteiger partial charge in [0.25, 0.3) is 0 Å². The summed E-state index contributed by atoms with van der Waals surface area (Å²) in [4.78, 5) is 16.1. The summed E-state index contributed by atoms with van der Waals surface area (Å²) in [6, 6.07) is 5.70. The Morgan fingerprint density at radius 2 is 2.27 bits per heavy atom. The molecule has 0 aliphatic rings. The van der Waals surface area contributed by atoms with Crippen molar-refractivity contribution in [1.29, 1.82) is 0 Å². The first-order valence-electron chi connectivity index (χ1n) is 7.04. The van der Waals surface area contributed by atoms with Gasteiger partial charge in [0.05, 0.1) is 21.7 Å². The van der Waals surface area contributed by atoms with Gasteiger partial charge in [-0.1, -0.05) is 34.2 Å². The van der Waals surface area contributed by atoms with Gasteiger partial charge in [0.15, 0.2) is 5.13 Å². The highest BCUT2D eigenvalue weighted by Gasteiger charge is 2.15. The predicted octanol–water partition coefficient (Wildman–Crippen LogP) is 3.82. The van der Waals surface area contributed by atoms with E-state index in [0.29, 0.717) is 11.7 Å². The van der Waals surface area contributed by atoms with Crippen LogP contribution in [0.25, 0.3) is 10.2 Å². The van der Waals surface area contributed by atoms with E-state index in [0.717, 1.165) is 22.4 Å². The summed E-state index contributed by atoms with van der Waals surface area (Å²) in [6.07, 6.45) is 0.708. The summed E-state index contributed by atoms with van der Waals surface area (Å²) in [6.45, 7) is 4.43. The van der Waals surface area contributed by atoms with Gasteiger partial charge in [0.2, 0.25) is 5.91 Å². The maximum Gasteiger partial charge on any atom is 0.239 e. The molecule has 1 aromatic heterocycles. The number of fused-ring (bicyclic) bond motifs is 1. The van der Waals surface area contributed by atoms with Crippen LogP contribution >= 0.6 is 27.3 Å². The molecule has 1 N–H and O–H groups in total. The number of aromatic nitrogens is 1. The van der Waals surface area contributed by atoms with E-state index in [9.17, 15) is 4.79 Å². The van der Waals surface area contributed by atoms with E-state index in [2.05, 4.69) is 26.2 Å². The highest BCUT2D eigenvalue weighted by molar-refractivity contribution is 9.10. The molecule has 1 aromatic carbocycles. The Kier molecular flexibility index (Phi) is 6.16. The third-order valence-corrected chi connectivity index (χ3v) is 4.97. The van der Waals surface area contributed by atoms with E-state index >= 15 is 0 Å². The number of benzene rings is 1. The molecule has 0 bridgehead atoms. The number of hydrogen-bond donors (Lipinski definition) is 1. The van der Waals surface area contributed by atoms with E-state index in [1.165, 1.54) is 11.3 Å². The van der Waals surface area contributed by atoms with Gasteiger partial charge in [0, 0.05) is 7.11 Å². The summed E-state index contributed by atoms with van der Waals surface area (Å²) in [5.41, 5.74) is 0.842. The zero-order valence-electron chi connectivity index (χ0n) is 12.8. The average molecular weight is 387 g/mol. The molecule has 22 heavy (non-hydrogen) atoms. The van der Waals surface area contributed by atoms with E-state index in [1.54, 1.807) is 7.11 Å². The molecule has 0 unspecified atom stereocenters. The van der Waals surface area contributed by atoms with Crippen molar-refractivity contribution in [2.24, 2.45) is 0 Å². The zero-order chi connectivity index (χ0) is 16.1. The normalized spacial score (nSPS) is 13.8. The molecule has 0 saturated heterocycles. The number of hydrogen-bond acceptors (Lipinski definition) is 5. The summed E-state index contributed by atoms with van der Waals surface area (Å²) in [5.74, 6) is 0.692. The van der Waals surface area contributed by atoms with Crippen molar-refractivity contribution in [3.8, 4) is 5.75 Å². The van der Waals surface area contributed by atoms with Crippen LogP contribution in [0.2, 0.25) is 0 Å². The van der Waals surface area contributed by atoms with Gasteiger partial charge < -0.3 is 14.8 Å². The number of nitrogens with one attached hydrogen (secondary N) is 1. The molecule has 5 nitrogen and oxygen atoms in total. The van der Waals surface area contributed by atoms with Crippen molar-refractivity contribution in [1.82, 2.24) is 4.98 Å². The van der Waals surface area contributed by atoms with Crippen LogP contribution in [0.3, 0.4) is 0 Å². The topological polar surface area (TPSA) is 60.5 Å². The van der Waals surface area contributed by atoms with Crippen molar-refractivity contribution >= 4 is 48.5 Å². The average Bonchev–Trinajstić information content (AvgIpc) is 2.87. The van der Waals surface area contributed by atoms with Crippen LogP contribution in [0.5, 0.6) is 5.75 Å². The molecular weight excluding hydrogens is 368 g/mol. The summed E-state index contributed by atoms with van der Waals surface area (Å²) in [5, 5.41) is 3.42. The third kappa shape index (κ3) is 4.41. The smallest absolute Gasteiger partial charge is 0.239 e. The highest BCUT2D eigenvalue weighted by atomic mass is 79.9. The fourth-order valence-electron chi connectivity index (χ4n) is 1.90. The SMILES string of the molecule is CC[C@@H](Br)C(=O)Nc1nc2ccc(O[C@H](C)COC)cc2s1. The minimum absolute atomic E-state index is 0.0201. The molecule has 2 atom stereocenters. The van der Waals surface area contributed by atoms with Crippen LogP contribution in [0.1, 0.15) is 20.3 Å². The Labute approximate surface area is 142 Å². The number of carbonyl (C=O) groups is 1. The van der Waals surface area contributed by atoms with E-state index in [-0.39, 0.29) is 16.8 Å². The van der Waals surface area contributed by atoms with Crippen LogP contribution in [-0.4, -0.2) is 35.5 Å². The molecule has 1 heterocycles. The standard InChI is InChI=1S/C15H19BrN2O3S/c1-4-11(16)14(19)18-15-17-12-6-5-10(7-13(12)22-15)21-9(2)8-20-3/h5-7,9,11H,4,8H2,1-3H3,(H,17,18,19)/t9-,11-/m1/s1. The van der Waals surface area contributed by atoms with Crippen molar-refractivity contribution in [3.63, 3.8) is 0 Å². The Morgan fingerprint density at radius 3 is 2.95 bits per heavy atom. The van der Waals surface area contributed by atoms with Crippen molar-refractivity contribution in [2.45, 2.75) is 31.2 Å². The number of carbonyl (C=O) groups excluding carboxylic acids is 1. The first-order valence-corrected chi connectivity index (χ1v) is 8.77. The first kappa shape index (κ1) is 17.2. The number of thiazole rings is 1. The van der Waals surface area contributed by atoms with E-state index in [1.807, 2.05) is 32.0 Å². The van der Waals surface area contributed by atoms with Crippen LogP contribution < -0.4 is 10.1 Å². The largest absolute Gasteiger partial charge is 0.488 e. The van der Waals surface area contributed by atoms with Crippen LogP contribution in [0.4, 0.5) is 5.13 Å². The van der Waals surface area contributed by atoms with Gasteiger partial charge in [-0.25, -0.2) is 4.98 Å². The van der Waals surface area contributed by atoms with Gasteiger partial charge >= 0.3 is 0 Å². The highest BCUT2D eigenvalue weighted by Crippen LogP contribution is 2.30. The van der Waals surface area contributed by atoms with Crippen molar-refractivity contribution < 1.29 is 14.3 Å². The number of anilines is 1. The number of methoxy groups -OCH3 is 1. The van der Waals surface area contributed by atoms with Gasteiger partial charge in [-0.05, 0) is 31.5 Å². The maximum atomic E-state index is 11.9. The second kappa shape index (κ2) is 7.89. The minimum Gasteiger partial charge on any atom is -0.488 e. The molecular formula is C15H19BrN2O3S. The lowest BCUT2D eigenvalue weighted by Crippen LogP contribution is -2.21. The van der Waals surface area contributed by atoms with E-state index < -0.39 is 0 Å². The second-order valence-corrected chi connectivity index (χ2v) is 7.03. The summed E-state index contributed by atoms with van der Waals surface area (Å²) < 4.78 is 11.8. The Bertz CT molecular complexity index is 647. The molecule has 0 aliphatic heterocycles. The van der Waals surface area contributed by atoms with Crippen LogP contribution in [0.15, 0.2) is 18.2 Å². The number of nitrogens with zero attached hydrogens (tertiary/aromatic N) is 1. The zero-order valence-corrected chi connectivity index (χ0v) is 15.2. The maximum absolute atomic E-state index is 11.9. The summed E-state index contributed by atoms with van der Waals surface area (Å²) >= 11 is 4.76. The Morgan fingerprint density at radius 1 is 1.50 bits per heavy atom. The molecule has 1 amide bonds. The van der Waals surface area contributed by atoms with Crippen molar-refractivity contribution in [3.05, 3.63) is 18.2 Å². The summed E-state index contributed by atoms with van der Waals surface area (Å²) in [7, 11) is 1.65.